The molecule has 2 aromatic heterocycles. The molecule has 0 saturated heterocycles. The molecular formula is C19H17F6IN6OS. The highest BCUT2D eigenvalue weighted by Gasteiger charge is 2.56. The molecule has 15 heteroatoms. The van der Waals surface area contributed by atoms with Gasteiger partial charge in [0, 0.05) is 21.4 Å². The van der Waals surface area contributed by atoms with E-state index in [-0.39, 0.29) is 18.8 Å². The number of nitrogens with two attached hydrogens (primary N) is 1. The summed E-state index contributed by atoms with van der Waals surface area (Å²) in [5.41, 5.74) is 7.60. The quantitative estimate of drug-likeness (QED) is 0.228. The van der Waals surface area contributed by atoms with Gasteiger partial charge in [0.05, 0.1) is 6.61 Å². The number of aromatic nitrogens is 4. The van der Waals surface area contributed by atoms with Crippen LogP contribution in [0.5, 0.6) is 5.75 Å². The summed E-state index contributed by atoms with van der Waals surface area (Å²) < 4.78 is 84.7. The van der Waals surface area contributed by atoms with Crippen molar-refractivity contribution in [1.82, 2.24) is 24.8 Å². The molecule has 0 spiro atoms. The van der Waals surface area contributed by atoms with E-state index in [2.05, 4.69) is 37.5 Å². The lowest BCUT2D eigenvalue weighted by Gasteiger charge is -2.24. The van der Waals surface area contributed by atoms with Gasteiger partial charge in [-0.2, -0.15) is 26.3 Å². The Kier molecular flexibility index (Phi) is 7.06. The van der Waals surface area contributed by atoms with E-state index in [4.69, 9.17) is 10.5 Å². The van der Waals surface area contributed by atoms with E-state index < -0.39 is 24.9 Å². The van der Waals surface area contributed by atoms with Crippen LogP contribution in [0.1, 0.15) is 12.0 Å². The second-order valence-corrected chi connectivity index (χ2v) is 9.56. The molecule has 1 aliphatic rings. The summed E-state index contributed by atoms with van der Waals surface area (Å²) in [4.78, 5) is 13.4. The van der Waals surface area contributed by atoms with Crippen LogP contribution in [0.25, 0.3) is 11.2 Å². The zero-order valence-electron chi connectivity index (χ0n) is 17.2. The van der Waals surface area contributed by atoms with E-state index in [0.717, 1.165) is 26.2 Å². The lowest BCUT2D eigenvalue weighted by Crippen LogP contribution is -2.52. The minimum atomic E-state index is -5.45. The third-order valence-electron chi connectivity index (χ3n) is 5.03. The third kappa shape index (κ3) is 5.30. The molecule has 0 radical (unpaired) electrons. The van der Waals surface area contributed by atoms with Crippen LogP contribution in [0.15, 0.2) is 28.5 Å². The first-order chi connectivity index (χ1) is 15.9. The van der Waals surface area contributed by atoms with E-state index in [1.165, 1.54) is 18.1 Å². The topological polar surface area (TPSA) is 90.9 Å². The van der Waals surface area contributed by atoms with Crippen LogP contribution in [0.3, 0.4) is 0 Å². The van der Waals surface area contributed by atoms with E-state index in [9.17, 15) is 26.3 Å². The summed E-state index contributed by atoms with van der Waals surface area (Å²) in [5, 5.41) is 2.01. The van der Waals surface area contributed by atoms with Gasteiger partial charge in [-0.25, -0.2) is 15.0 Å². The van der Waals surface area contributed by atoms with Gasteiger partial charge in [-0.3, -0.25) is 5.32 Å². The Morgan fingerprint density at radius 2 is 1.91 bits per heavy atom. The monoisotopic (exact) mass is 618 g/mol. The van der Waals surface area contributed by atoms with Crippen molar-refractivity contribution in [3.8, 4) is 5.75 Å². The number of rotatable bonds is 7. The maximum absolute atomic E-state index is 12.8. The number of nitrogens with zero attached hydrogens (tertiary/aromatic N) is 4. The summed E-state index contributed by atoms with van der Waals surface area (Å²) in [6, 6.07) is 0.290. The number of alkyl halides is 6. The van der Waals surface area contributed by atoms with Crippen LogP contribution in [-0.4, -0.2) is 51.1 Å². The smallest absolute Gasteiger partial charge is 0.412 e. The van der Waals surface area contributed by atoms with Gasteiger partial charge in [0.15, 0.2) is 22.1 Å². The van der Waals surface area contributed by atoms with Gasteiger partial charge in [-0.15, -0.1) is 0 Å². The fourth-order valence-corrected chi connectivity index (χ4v) is 5.22. The minimum absolute atomic E-state index is 0.0410. The Morgan fingerprint density at radius 3 is 2.62 bits per heavy atom. The first-order valence-corrected chi connectivity index (χ1v) is 11.8. The number of benzene rings is 1. The summed E-state index contributed by atoms with van der Waals surface area (Å²) in [5.74, 6) is 0.933. The van der Waals surface area contributed by atoms with Gasteiger partial charge >= 0.3 is 12.4 Å². The van der Waals surface area contributed by atoms with Crippen LogP contribution in [0, 0.1) is 3.57 Å². The number of anilines is 1. The van der Waals surface area contributed by atoms with E-state index in [0.29, 0.717) is 22.9 Å². The zero-order valence-corrected chi connectivity index (χ0v) is 20.1. The molecule has 1 aliphatic heterocycles. The Morgan fingerprint density at radius 1 is 1.18 bits per heavy atom. The van der Waals surface area contributed by atoms with Crippen molar-refractivity contribution in [2.24, 2.45) is 0 Å². The zero-order chi connectivity index (χ0) is 24.7. The van der Waals surface area contributed by atoms with Gasteiger partial charge in [0.1, 0.15) is 12.1 Å². The average Bonchev–Trinajstić information content (AvgIpc) is 3.31. The molecule has 4 rings (SSSR count). The number of hydrogen-bond acceptors (Lipinski definition) is 7. The van der Waals surface area contributed by atoms with Crippen molar-refractivity contribution < 1.29 is 31.1 Å². The van der Waals surface area contributed by atoms with Crippen molar-refractivity contribution >= 4 is 51.3 Å². The molecule has 3 heterocycles. The van der Waals surface area contributed by atoms with Crippen LogP contribution in [-0.2, 0) is 13.0 Å². The molecular weight excluding hydrogens is 601 g/mol. The molecule has 34 heavy (non-hydrogen) atoms. The normalized spacial score (nSPS) is 14.1. The van der Waals surface area contributed by atoms with Gasteiger partial charge in [0.2, 0.25) is 6.04 Å². The second kappa shape index (κ2) is 9.56. The van der Waals surface area contributed by atoms with Crippen molar-refractivity contribution in [1.29, 1.82) is 0 Å². The van der Waals surface area contributed by atoms with Crippen LogP contribution < -0.4 is 15.8 Å². The van der Waals surface area contributed by atoms with Crippen molar-refractivity contribution in [3.63, 3.8) is 0 Å². The summed E-state index contributed by atoms with van der Waals surface area (Å²) in [6.07, 6.45) is -8.95. The summed E-state index contributed by atoms with van der Waals surface area (Å²) in [7, 11) is 0. The minimum Gasteiger partial charge on any atom is -0.493 e. The highest BCUT2D eigenvalue weighted by atomic mass is 127. The standard InChI is InChI=1S/C19H17F6IN6OS/c20-18(21,22)16(19(23,24)25)28-3-1-4-32-15-13(14(27)29-8-30-15)31-17(32)34-12-6-9-2-5-33-11(9)7-10(12)26/h6-8,16,28H,1-5H2,(H2,27,29,30)/i20+0,21+0,22+0,23+0,24+0,25+0. The Balaban J connectivity index is 1.56. The van der Waals surface area contributed by atoms with Gasteiger partial charge in [0.25, 0.3) is 0 Å². The van der Waals surface area contributed by atoms with Gasteiger partial charge in [-0.1, -0.05) is 11.8 Å². The van der Waals surface area contributed by atoms with E-state index in [1.807, 2.05) is 12.1 Å². The van der Waals surface area contributed by atoms with Gasteiger partial charge < -0.3 is 15.0 Å². The molecule has 1 aromatic carbocycles. The molecule has 0 amide bonds. The number of nitrogen functional groups attached to an aromatic ring is 1. The average molecular weight is 618 g/mol. The predicted molar refractivity (Wildman–Crippen MR) is 121 cm³/mol. The third-order valence-corrected chi connectivity index (χ3v) is 7.34. The molecule has 0 unspecified atom stereocenters. The first kappa shape index (κ1) is 25.1. The SMILES string of the molecule is Nc1ncnc2c1nc(Sc1cc3c(cc1I)OCC3)n2CCCNC(C([19F])([19F])[19F])C([19F])([19F])[19F]. The number of aryl methyl sites for hydroxylation is 1. The Bertz CT molecular complexity index is 1190. The predicted octanol–water partition coefficient (Wildman–Crippen LogP) is 4.57. The van der Waals surface area contributed by atoms with E-state index >= 15 is 0 Å². The number of imidazole rings is 1. The van der Waals surface area contributed by atoms with Crippen LogP contribution in [0.4, 0.5) is 32.2 Å². The molecule has 0 aliphatic carbocycles. The molecule has 0 bridgehead atoms. The summed E-state index contributed by atoms with van der Waals surface area (Å²) >= 11 is 3.46. The Labute approximate surface area is 207 Å². The number of fused-ring (bicyclic) bond motifs is 2. The fourth-order valence-electron chi connectivity index (χ4n) is 3.47. The van der Waals surface area contributed by atoms with E-state index in [1.54, 1.807) is 9.88 Å². The van der Waals surface area contributed by atoms with Crippen molar-refractivity contribution in [2.75, 3.05) is 18.9 Å². The van der Waals surface area contributed by atoms with Gasteiger partial charge in [-0.05, 0) is 53.3 Å². The molecule has 0 saturated carbocycles. The van der Waals surface area contributed by atoms with Crippen LogP contribution in [0.2, 0.25) is 0 Å². The van der Waals surface area contributed by atoms with Crippen molar-refractivity contribution in [3.05, 3.63) is 27.6 Å². The highest BCUT2D eigenvalue weighted by Crippen LogP contribution is 2.38. The highest BCUT2D eigenvalue weighted by molar-refractivity contribution is 14.1. The Hall–Kier alpha value is -2.01. The number of nitrogens with one attached hydrogen (secondary N) is 1. The first-order valence-electron chi connectivity index (χ1n) is 9.91. The maximum Gasteiger partial charge on any atom is 0.412 e. The largest absolute Gasteiger partial charge is 0.493 e. The lowest BCUT2D eigenvalue weighted by atomic mass is 10.2. The number of ether oxygens (including phenoxy) is 1. The molecule has 0 atom stereocenters. The van der Waals surface area contributed by atoms with Crippen molar-refractivity contribution in [2.45, 2.75) is 47.8 Å². The number of hydrogen-bond donors (Lipinski definition) is 2. The molecule has 0 fully saturated rings. The molecule has 3 N–H and O–H groups in total. The summed E-state index contributed by atoms with van der Waals surface area (Å²) in [6.45, 7) is 0.130. The lowest BCUT2D eigenvalue weighted by molar-refractivity contribution is -0.258. The second-order valence-electron chi connectivity index (χ2n) is 7.39. The van der Waals surface area contributed by atoms with Crippen LogP contribution >= 0.6 is 34.4 Å². The number of halogens is 7. The molecule has 3 aromatic rings. The molecule has 184 valence electrons. The maximum atomic E-state index is 12.8. The fraction of sp³-hybridized carbons (Fsp3) is 0.421. The molecule has 7 nitrogen and oxygen atoms in total.